The lowest BCUT2D eigenvalue weighted by molar-refractivity contribution is -0.147. The standard InChI is InChI=1S/C16H16FNO2.H2/c17-13-6-8-14(9-7-13)18-15(19)16(10-20-11-16)12-4-2-1-3-5-12;/h2,4-9H,1,3,10-11H2,(H,18,19);1H. The molecule has 0 aromatic heterocycles. The molecule has 0 bridgehead atoms. The SMILES string of the molecule is O=C(Nc1ccc(F)cc1)C1(C2=CCCC=C2)COC1.[HH]. The van der Waals surface area contributed by atoms with Gasteiger partial charge in [-0.3, -0.25) is 4.79 Å². The number of benzene rings is 1. The van der Waals surface area contributed by atoms with Gasteiger partial charge in [-0.05, 0) is 42.7 Å². The second kappa shape index (κ2) is 5.21. The quantitative estimate of drug-likeness (QED) is 0.919. The third kappa shape index (κ3) is 2.27. The second-order valence-corrected chi connectivity index (χ2v) is 5.18. The molecule has 106 valence electrons. The molecular weight excluding hydrogens is 257 g/mol. The number of carbonyl (C=O) groups excluding carboxylic acids is 1. The average Bonchev–Trinajstić information content (AvgIpc) is 2.41. The number of allylic oxidation sites excluding steroid dienone is 3. The van der Waals surface area contributed by atoms with E-state index in [1.165, 1.54) is 12.1 Å². The normalized spacial score (nSPS) is 19.9. The molecule has 20 heavy (non-hydrogen) atoms. The number of nitrogens with one attached hydrogen (secondary N) is 1. The average molecular weight is 275 g/mol. The molecule has 1 saturated heterocycles. The van der Waals surface area contributed by atoms with E-state index in [0.717, 1.165) is 18.4 Å². The number of amides is 1. The molecule has 1 aromatic rings. The summed E-state index contributed by atoms with van der Waals surface area (Å²) in [5.41, 5.74) is 1.03. The lowest BCUT2D eigenvalue weighted by atomic mass is 9.75. The first-order valence-electron chi connectivity index (χ1n) is 6.73. The summed E-state index contributed by atoms with van der Waals surface area (Å²) < 4.78 is 18.1. The predicted molar refractivity (Wildman–Crippen MR) is 76.9 cm³/mol. The van der Waals surface area contributed by atoms with E-state index < -0.39 is 5.41 Å². The Balaban J connectivity index is 0.00000161. The Labute approximate surface area is 118 Å². The molecule has 3 nitrogen and oxygen atoms in total. The van der Waals surface area contributed by atoms with Gasteiger partial charge in [-0.1, -0.05) is 18.2 Å². The lowest BCUT2D eigenvalue weighted by Crippen LogP contribution is -2.52. The van der Waals surface area contributed by atoms with Gasteiger partial charge in [-0.25, -0.2) is 4.39 Å². The highest BCUT2D eigenvalue weighted by Gasteiger charge is 2.48. The molecule has 4 heteroatoms. The largest absolute Gasteiger partial charge is 0.378 e. The Hall–Kier alpha value is -1.94. The van der Waals surface area contributed by atoms with Gasteiger partial charge < -0.3 is 10.1 Å². The molecule has 0 unspecified atom stereocenters. The summed E-state index contributed by atoms with van der Waals surface area (Å²) in [6.45, 7) is 0.798. The minimum absolute atomic E-state index is 0. The van der Waals surface area contributed by atoms with Crippen molar-refractivity contribution in [3.05, 3.63) is 53.9 Å². The van der Waals surface area contributed by atoms with Crippen LogP contribution >= 0.6 is 0 Å². The van der Waals surface area contributed by atoms with Crippen molar-refractivity contribution in [2.75, 3.05) is 18.5 Å². The molecule has 0 saturated carbocycles. The molecule has 1 amide bonds. The number of carbonyl (C=O) groups is 1. The maximum atomic E-state index is 12.9. The van der Waals surface area contributed by atoms with Crippen LogP contribution in [-0.2, 0) is 9.53 Å². The topological polar surface area (TPSA) is 38.3 Å². The van der Waals surface area contributed by atoms with Crippen LogP contribution in [-0.4, -0.2) is 19.1 Å². The zero-order chi connectivity index (χ0) is 14.0. The van der Waals surface area contributed by atoms with E-state index in [4.69, 9.17) is 4.74 Å². The van der Waals surface area contributed by atoms with Gasteiger partial charge in [0.05, 0.1) is 13.2 Å². The van der Waals surface area contributed by atoms with Gasteiger partial charge >= 0.3 is 0 Å². The van der Waals surface area contributed by atoms with Gasteiger partial charge in [-0.2, -0.15) is 0 Å². The zero-order valence-electron chi connectivity index (χ0n) is 11.1. The predicted octanol–water partition coefficient (Wildman–Crippen LogP) is 3.30. The van der Waals surface area contributed by atoms with Crippen LogP contribution < -0.4 is 5.32 Å². The number of ether oxygens (including phenoxy) is 1. The van der Waals surface area contributed by atoms with Gasteiger partial charge in [0.1, 0.15) is 11.2 Å². The van der Waals surface area contributed by atoms with E-state index >= 15 is 0 Å². The molecule has 1 aliphatic carbocycles. The maximum absolute atomic E-state index is 12.9. The Morgan fingerprint density at radius 3 is 2.55 bits per heavy atom. The van der Waals surface area contributed by atoms with E-state index in [1.807, 2.05) is 6.08 Å². The fourth-order valence-corrected chi connectivity index (χ4v) is 2.49. The number of hydrogen-bond donors (Lipinski definition) is 1. The van der Waals surface area contributed by atoms with Crippen LogP contribution in [0.5, 0.6) is 0 Å². The van der Waals surface area contributed by atoms with E-state index in [1.54, 1.807) is 12.1 Å². The van der Waals surface area contributed by atoms with Gasteiger partial charge in [0.25, 0.3) is 0 Å². The summed E-state index contributed by atoms with van der Waals surface area (Å²) >= 11 is 0. The smallest absolute Gasteiger partial charge is 0.239 e. The van der Waals surface area contributed by atoms with Crippen molar-refractivity contribution in [1.82, 2.24) is 0 Å². The van der Waals surface area contributed by atoms with Crippen molar-refractivity contribution in [3.63, 3.8) is 0 Å². The monoisotopic (exact) mass is 275 g/mol. The first-order valence-corrected chi connectivity index (χ1v) is 6.73. The third-order valence-corrected chi connectivity index (χ3v) is 3.78. The van der Waals surface area contributed by atoms with E-state index in [0.29, 0.717) is 18.9 Å². The van der Waals surface area contributed by atoms with Crippen molar-refractivity contribution in [1.29, 1.82) is 0 Å². The van der Waals surface area contributed by atoms with Crippen LogP contribution in [0.2, 0.25) is 0 Å². The van der Waals surface area contributed by atoms with Crippen LogP contribution in [0.3, 0.4) is 0 Å². The minimum Gasteiger partial charge on any atom is -0.378 e. The fourth-order valence-electron chi connectivity index (χ4n) is 2.49. The molecule has 1 heterocycles. The van der Waals surface area contributed by atoms with Crippen molar-refractivity contribution in [3.8, 4) is 0 Å². The summed E-state index contributed by atoms with van der Waals surface area (Å²) in [5, 5.41) is 2.85. The van der Waals surface area contributed by atoms with Crippen LogP contribution in [0, 0.1) is 11.2 Å². The Morgan fingerprint density at radius 1 is 1.25 bits per heavy atom. The first kappa shape index (κ1) is 13.1. The molecule has 2 aliphatic rings. The van der Waals surface area contributed by atoms with Crippen molar-refractivity contribution >= 4 is 11.6 Å². The summed E-state index contributed by atoms with van der Waals surface area (Å²) in [4.78, 5) is 12.5. The first-order chi connectivity index (χ1) is 9.71. The molecule has 3 rings (SSSR count). The highest BCUT2D eigenvalue weighted by Crippen LogP contribution is 2.39. The second-order valence-electron chi connectivity index (χ2n) is 5.18. The highest BCUT2D eigenvalue weighted by molar-refractivity contribution is 5.98. The summed E-state index contributed by atoms with van der Waals surface area (Å²) in [7, 11) is 0. The van der Waals surface area contributed by atoms with Crippen molar-refractivity contribution in [2.45, 2.75) is 12.8 Å². The summed E-state index contributed by atoms with van der Waals surface area (Å²) in [6.07, 6.45) is 8.17. The molecule has 0 atom stereocenters. The van der Waals surface area contributed by atoms with Crippen LogP contribution in [0.15, 0.2) is 48.1 Å². The summed E-state index contributed by atoms with van der Waals surface area (Å²) in [5.74, 6) is -0.407. The minimum atomic E-state index is -0.592. The molecule has 1 aromatic carbocycles. The van der Waals surface area contributed by atoms with Gasteiger partial charge in [0, 0.05) is 7.11 Å². The van der Waals surface area contributed by atoms with E-state index in [9.17, 15) is 9.18 Å². The third-order valence-electron chi connectivity index (χ3n) is 3.78. The molecule has 1 fully saturated rings. The maximum Gasteiger partial charge on any atom is 0.239 e. The van der Waals surface area contributed by atoms with Gasteiger partial charge in [0.2, 0.25) is 5.91 Å². The molecule has 1 aliphatic heterocycles. The van der Waals surface area contributed by atoms with Crippen molar-refractivity contribution < 1.29 is 15.3 Å². The van der Waals surface area contributed by atoms with Crippen LogP contribution in [0.25, 0.3) is 0 Å². The highest BCUT2D eigenvalue weighted by atomic mass is 19.1. The molecular formula is C16H18FNO2. The number of halogens is 1. The van der Waals surface area contributed by atoms with Crippen molar-refractivity contribution in [2.24, 2.45) is 5.41 Å². The Kier molecular flexibility index (Phi) is 3.40. The summed E-state index contributed by atoms with van der Waals surface area (Å²) in [6, 6.07) is 5.79. The molecule has 1 N–H and O–H groups in total. The van der Waals surface area contributed by atoms with E-state index in [2.05, 4.69) is 17.5 Å². The zero-order valence-corrected chi connectivity index (χ0v) is 11.1. The Morgan fingerprint density at radius 2 is 2.00 bits per heavy atom. The van der Waals surface area contributed by atoms with Gasteiger partial charge in [-0.15, -0.1) is 0 Å². The fraction of sp³-hybridized carbons (Fsp3) is 0.312. The van der Waals surface area contributed by atoms with Gasteiger partial charge in [0.15, 0.2) is 0 Å². The lowest BCUT2D eigenvalue weighted by Gasteiger charge is -2.41. The number of rotatable bonds is 3. The molecule has 0 radical (unpaired) electrons. The van der Waals surface area contributed by atoms with Crippen LogP contribution in [0.4, 0.5) is 10.1 Å². The Bertz CT molecular complexity index is 576. The number of hydrogen-bond acceptors (Lipinski definition) is 2. The molecule has 0 spiro atoms. The number of anilines is 1. The van der Waals surface area contributed by atoms with Crippen LogP contribution in [0.1, 0.15) is 14.3 Å². The van der Waals surface area contributed by atoms with E-state index in [-0.39, 0.29) is 13.2 Å².